The second-order valence-electron chi connectivity index (χ2n) is 6.90. The van der Waals surface area contributed by atoms with Crippen molar-refractivity contribution in [3.63, 3.8) is 0 Å². The molecule has 172 valence electrons. The Bertz CT molecular complexity index is 1140. The smallest absolute Gasteiger partial charge is 0.406 e. The lowest BCUT2D eigenvalue weighted by Gasteiger charge is -2.29. The molecular weight excluding hydrogens is 441 g/mol. The van der Waals surface area contributed by atoms with Crippen molar-refractivity contribution in [1.29, 1.82) is 0 Å². The van der Waals surface area contributed by atoms with Crippen LogP contribution in [0, 0.1) is 5.41 Å². The van der Waals surface area contributed by atoms with Gasteiger partial charge in [-0.25, -0.2) is 18.7 Å². The molecule has 1 N–H and O–H groups in total. The van der Waals surface area contributed by atoms with Crippen molar-refractivity contribution in [3.8, 4) is 28.5 Å². The summed E-state index contributed by atoms with van der Waals surface area (Å²) in [5.74, 6) is -0.973. The molecule has 3 aromatic rings. The number of aromatic nitrogens is 3. The van der Waals surface area contributed by atoms with Crippen molar-refractivity contribution in [1.82, 2.24) is 15.0 Å². The molecule has 0 radical (unpaired) electrons. The van der Waals surface area contributed by atoms with E-state index in [2.05, 4.69) is 15.0 Å². The molecule has 2 aromatic heterocycles. The molecule has 0 spiro atoms. The minimum atomic E-state index is -5.48. The summed E-state index contributed by atoms with van der Waals surface area (Å²) < 4.78 is 82.7. The normalized spacial score (nSPS) is 13.8. The average Bonchev–Trinajstić information content (AvgIpc) is 3.18. The van der Waals surface area contributed by atoms with Gasteiger partial charge in [-0.15, -0.1) is 0 Å². The fourth-order valence-corrected chi connectivity index (χ4v) is 3.06. The largest absolute Gasteiger partial charge is 0.493 e. The predicted molar refractivity (Wildman–Crippen MR) is 103 cm³/mol. The number of Topliss-reactive ketones (excluding diaryl/α,β-unsaturated/α-hetero) is 1. The number of ether oxygens (including phenoxy) is 3. The van der Waals surface area contributed by atoms with Gasteiger partial charge in [-0.05, 0) is 19.1 Å². The van der Waals surface area contributed by atoms with E-state index in [9.17, 15) is 26.7 Å². The summed E-state index contributed by atoms with van der Waals surface area (Å²) in [5.41, 5.74) is -4.37. The Morgan fingerprint density at radius 2 is 1.66 bits per heavy atom. The summed E-state index contributed by atoms with van der Waals surface area (Å²) in [7, 11) is 4.19. The number of fused-ring (bicyclic) bond motifs is 1. The highest BCUT2D eigenvalue weighted by Crippen LogP contribution is 2.46. The number of methoxy groups -OCH3 is 3. The van der Waals surface area contributed by atoms with Crippen LogP contribution in [0.2, 0.25) is 0 Å². The maximum absolute atomic E-state index is 13.4. The number of rotatable bonds is 7. The van der Waals surface area contributed by atoms with Gasteiger partial charge in [-0.2, -0.15) is 13.2 Å². The standard InChI is InChI=1S/C20H18F5N3O4/c1-19(18(21)22,20(23,24)25)16(29)10-7-26-17-14(10)28-11(8-27-17)9-5-12(30-2)15(32-4)13(6-9)31-3/h5-8,18H,1-4H3,(H,26,27). The molecule has 0 bridgehead atoms. The zero-order valence-corrected chi connectivity index (χ0v) is 17.3. The molecule has 3 rings (SSSR count). The molecule has 0 saturated carbocycles. The molecule has 7 nitrogen and oxygen atoms in total. The van der Waals surface area contributed by atoms with Gasteiger partial charge >= 0.3 is 6.18 Å². The number of H-pyrrole nitrogens is 1. The Morgan fingerprint density at radius 1 is 1.06 bits per heavy atom. The van der Waals surface area contributed by atoms with Crippen LogP contribution in [0.25, 0.3) is 22.4 Å². The van der Waals surface area contributed by atoms with E-state index in [1.54, 1.807) is 0 Å². The summed E-state index contributed by atoms with van der Waals surface area (Å²) >= 11 is 0. The van der Waals surface area contributed by atoms with Gasteiger partial charge in [-0.3, -0.25) is 4.79 Å². The van der Waals surface area contributed by atoms with E-state index in [1.807, 2.05) is 0 Å². The molecule has 0 amide bonds. The van der Waals surface area contributed by atoms with Gasteiger partial charge < -0.3 is 19.2 Å². The molecule has 1 unspecified atom stereocenters. The lowest BCUT2D eigenvalue weighted by atomic mass is 9.82. The third kappa shape index (κ3) is 3.59. The number of nitrogens with one attached hydrogen (secondary N) is 1. The van der Waals surface area contributed by atoms with E-state index >= 15 is 0 Å². The number of hydrogen-bond acceptors (Lipinski definition) is 6. The molecular formula is C20H18F5N3O4. The Morgan fingerprint density at radius 3 is 2.12 bits per heavy atom. The molecule has 32 heavy (non-hydrogen) atoms. The summed E-state index contributed by atoms with van der Waals surface area (Å²) in [5, 5.41) is 0. The van der Waals surface area contributed by atoms with E-state index in [0.717, 1.165) is 6.20 Å². The number of hydrogen-bond donors (Lipinski definition) is 1. The van der Waals surface area contributed by atoms with Gasteiger partial charge in [0.25, 0.3) is 6.43 Å². The maximum atomic E-state index is 13.4. The summed E-state index contributed by atoms with van der Waals surface area (Å²) in [4.78, 5) is 23.4. The number of benzene rings is 1. The first-order valence-corrected chi connectivity index (χ1v) is 9.03. The average molecular weight is 459 g/mol. The number of aromatic amines is 1. The predicted octanol–water partition coefficient (Wildman–Crippen LogP) is 4.67. The number of nitrogens with zero attached hydrogens (tertiary/aromatic N) is 2. The Kier molecular flexibility index (Phi) is 5.98. The third-order valence-corrected chi connectivity index (χ3v) is 5.08. The molecule has 1 aromatic carbocycles. The number of ketones is 1. The summed E-state index contributed by atoms with van der Waals surface area (Å²) in [6.07, 6.45) is -7.28. The van der Waals surface area contributed by atoms with Gasteiger partial charge in [0.15, 0.2) is 28.3 Å². The molecule has 1 atom stereocenters. The number of carbonyl (C=O) groups excluding carboxylic acids is 1. The summed E-state index contributed by atoms with van der Waals surface area (Å²) in [6.45, 7) is 0.162. The second-order valence-corrected chi connectivity index (χ2v) is 6.90. The van der Waals surface area contributed by atoms with E-state index in [1.165, 1.54) is 39.7 Å². The quantitative estimate of drug-likeness (QED) is 0.408. The lowest BCUT2D eigenvalue weighted by molar-refractivity contribution is -0.233. The molecule has 0 aliphatic carbocycles. The van der Waals surface area contributed by atoms with Crippen LogP contribution in [0.3, 0.4) is 0 Å². The first kappa shape index (κ1) is 23.2. The number of alkyl halides is 5. The highest BCUT2D eigenvalue weighted by molar-refractivity contribution is 6.09. The number of halogens is 5. The highest BCUT2D eigenvalue weighted by Gasteiger charge is 2.63. The van der Waals surface area contributed by atoms with Crippen LogP contribution >= 0.6 is 0 Å². The first-order chi connectivity index (χ1) is 15.0. The van der Waals surface area contributed by atoms with Crippen LogP contribution in [0.15, 0.2) is 24.5 Å². The summed E-state index contributed by atoms with van der Waals surface area (Å²) in [6, 6.07) is 3.04. The SMILES string of the molecule is COc1cc(-c2cnc3[nH]cc(C(=O)C(C)(C(F)F)C(F)(F)F)c3n2)cc(OC)c1OC. The van der Waals surface area contributed by atoms with Crippen LogP contribution < -0.4 is 14.2 Å². The van der Waals surface area contributed by atoms with Crippen LogP contribution in [0.4, 0.5) is 22.0 Å². The fourth-order valence-electron chi connectivity index (χ4n) is 3.06. The van der Waals surface area contributed by atoms with Crippen molar-refractivity contribution in [2.24, 2.45) is 5.41 Å². The zero-order valence-electron chi connectivity index (χ0n) is 17.3. The van der Waals surface area contributed by atoms with Crippen molar-refractivity contribution in [3.05, 3.63) is 30.1 Å². The second kappa shape index (κ2) is 8.24. The Hall–Kier alpha value is -3.44. The fraction of sp³-hybridized carbons (Fsp3) is 0.350. The van der Waals surface area contributed by atoms with Crippen LogP contribution in [-0.2, 0) is 0 Å². The first-order valence-electron chi connectivity index (χ1n) is 9.03. The topological polar surface area (TPSA) is 86.3 Å². The van der Waals surface area contributed by atoms with E-state index < -0.39 is 29.4 Å². The van der Waals surface area contributed by atoms with Gasteiger partial charge in [0, 0.05) is 11.8 Å². The van der Waals surface area contributed by atoms with Crippen LogP contribution in [-0.4, -0.2) is 54.7 Å². The van der Waals surface area contributed by atoms with Gasteiger partial charge in [0.2, 0.25) is 5.75 Å². The van der Waals surface area contributed by atoms with E-state index in [0.29, 0.717) is 11.3 Å². The van der Waals surface area contributed by atoms with Crippen molar-refractivity contribution in [2.45, 2.75) is 19.5 Å². The monoisotopic (exact) mass is 459 g/mol. The van der Waals surface area contributed by atoms with Crippen LogP contribution in [0.5, 0.6) is 17.2 Å². The lowest BCUT2D eigenvalue weighted by Crippen LogP contribution is -2.48. The van der Waals surface area contributed by atoms with E-state index in [4.69, 9.17) is 14.2 Å². The van der Waals surface area contributed by atoms with Crippen LogP contribution in [0.1, 0.15) is 17.3 Å². The minimum Gasteiger partial charge on any atom is -0.493 e. The molecule has 12 heteroatoms. The van der Waals surface area contributed by atoms with Crippen molar-refractivity contribution >= 4 is 16.9 Å². The Balaban J connectivity index is 2.18. The zero-order chi connectivity index (χ0) is 23.8. The van der Waals surface area contributed by atoms with E-state index in [-0.39, 0.29) is 35.3 Å². The molecule has 0 aliphatic heterocycles. The van der Waals surface area contributed by atoms with Crippen molar-refractivity contribution in [2.75, 3.05) is 21.3 Å². The third-order valence-electron chi connectivity index (χ3n) is 5.08. The number of carbonyl (C=O) groups is 1. The molecule has 0 saturated heterocycles. The maximum Gasteiger partial charge on any atom is 0.406 e. The molecule has 0 aliphatic rings. The van der Waals surface area contributed by atoms with Gasteiger partial charge in [-0.1, -0.05) is 0 Å². The highest BCUT2D eigenvalue weighted by atomic mass is 19.4. The van der Waals surface area contributed by atoms with Crippen molar-refractivity contribution < 1.29 is 41.0 Å². The molecule has 2 heterocycles. The Labute approximate surface area is 178 Å². The minimum absolute atomic E-state index is 0.0386. The van der Waals surface area contributed by atoms with Gasteiger partial charge in [0.1, 0.15) is 5.52 Å². The molecule has 0 fully saturated rings. The van der Waals surface area contributed by atoms with Gasteiger partial charge in [0.05, 0.1) is 38.8 Å².